The van der Waals surface area contributed by atoms with Crippen LogP contribution in [0.3, 0.4) is 0 Å². The van der Waals surface area contributed by atoms with Crippen LogP contribution in [0.25, 0.3) is 0 Å². The van der Waals surface area contributed by atoms with Gasteiger partial charge in [-0.2, -0.15) is 0 Å². The lowest BCUT2D eigenvalue weighted by Crippen LogP contribution is -2.28. The van der Waals surface area contributed by atoms with E-state index in [0.717, 1.165) is 0 Å². The van der Waals surface area contributed by atoms with Gasteiger partial charge in [0.15, 0.2) is 0 Å². The van der Waals surface area contributed by atoms with Crippen LogP contribution in [0.1, 0.15) is 6.92 Å². The maximum Gasteiger partial charge on any atom is 0.328 e. The molecular weight excluding hydrogens is 266 g/mol. The molecule has 0 aromatic carbocycles. The van der Waals surface area contributed by atoms with E-state index in [1.807, 2.05) is 0 Å². The highest BCUT2D eigenvalue weighted by Crippen LogP contribution is 2.14. The van der Waals surface area contributed by atoms with E-state index in [2.05, 4.69) is 36.0 Å². The number of carbonyl (C=O) groups excluding carboxylic acids is 1. The van der Waals surface area contributed by atoms with E-state index in [1.54, 1.807) is 6.92 Å². The number of esters is 1. The third-order valence-corrected chi connectivity index (χ3v) is 2.44. The van der Waals surface area contributed by atoms with Crippen LogP contribution in [0.4, 0.5) is 5.82 Å². The van der Waals surface area contributed by atoms with Crippen molar-refractivity contribution in [3.05, 3.63) is 21.2 Å². The first-order valence-electron chi connectivity index (χ1n) is 4.13. The van der Waals surface area contributed by atoms with Gasteiger partial charge in [-0.1, -0.05) is 0 Å². The number of ether oxygens (including phenoxy) is 1. The minimum atomic E-state index is -0.569. The van der Waals surface area contributed by atoms with Crippen LogP contribution in [0.5, 0.6) is 0 Å². The summed E-state index contributed by atoms with van der Waals surface area (Å²) in [6.45, 7) is 1.61. The van der Waals surface area contributed by atoms with Crippen LogP contribution >= 0.6 is 15.9 Å². The SMILES string of the molecule is COC(=O)C(C)Nc1nc[nH]c(=O)c1Br. The van der Waals surface area contributed by atoms with Gasteiger partial charge in [0.25, 0.3) is 5.56 Å². The molecule has 7 heteroatoms. The molecule has 0 aliphatic carbocycles. The Kier molecular flexibility index (Phi) is 3.84. The number of nitrogens with zero attached hydrogens (tertiary/aromatic N) is 1. The van der Waals surface area contributed by atoms with Crippen molar-refractivity contribution in [3.8, 4) is 0 Å². The molecule has 0 fully saturated rings. The fraction of sp³-hybridized carbons (Fsp3) is 0.375. The lowest BCUT2D eigenvalue weighted by molar-refractivity contribution is -0.141. The number of methoxy groups -OCH3 is 1. The number of H-pyrrole nitrogens is 1. The van der Waals surface area contributed by atoms with Gasteiger partial charge in [0.05, 0.1) is 13.4 Å². The van der Waals surface area contributed by atoms with Crippen molar-refractivity contribution in [1.82, 2.24) is 9.97 Å². The first-order chi connectivity index (χ1) is 7.06. The summed E-state index contributed by atoms with van der Waals surface area (Å²) in [5, 5.41) is 2.75. The second-order valence-electron chi connectivity index (χ2n) is 2.78. The number of rotatable bonds is 3. The Bertz CT molecular complexity index is 418. The molecule has 0 saturated carbocycles. The first kappa shape index (κ1) is 11.7. The van der Waals surface area contributed by atoms with E-state index >= 15 is 0 Å². The third-order valence-electron chi connectivity index (χ3n) is 1.70. The minimum Gasteiger partial charge on any atom is -0.467 e. The van der Waals surface area contributed by atoms with E-state index in [9.17, 15) is 9.59 Å². The standard InChI is InChI=1S/C8H10BrN3O3/c1-4(8(14)15-2)12-6-5(9)7(13)11-3-10-6/h3-4H,1-2H3,(H2,10,11,12,13). The third kappa shape index (κ3) is 2.79. The zero-order chi connectivity index (χ0) is 11.4. The van der Waals surface area contributed by atoms with Gasteiger partial charge in [-0.15, -0.1) is 0 Å². The first-order valence-corrected chi connectivity index (χ1v) is 4.93. The summed E-state index contributed by atoms with van der Waals surface area (Å²) in [5.41, 5.74) is -0.315. The number of nitrogens with one attached hydrogen (secondary N) is 2. The summed E-state index contributed by atoms with van der Waals surface area (Å²) in [5.74, 6) is -0.124. The maximum atomic E-state index is 11.2. The molecule has 0 aliphatic heterocycles. The fourth-order valence-electron chi connectivity index (χ4n) is 0.924. The molecule has 0 amide bonds. The molecule has 0 radical (unpaired) electrons. The predicted octanol–water partition coefficient (Wildman–Crippen LogP) is 0.506. The summed E-state index contributed by atoms with van der Waals surface area (Å²) >= 11 is 3.06. The van der Waals surface area contributed by atoms with Gasteiger partial charge < -0.3 is 15.0 Å². The molecule has 0 aliphatic rings. The highest BCUT2D eigenvalue weighted by molar-refractivity contribution is 9.10. The van der Waals surface area contributed by atoms with Crippen LogP contribution in [0, 0.1) is 0 Å². The number of carbonyl (C=O) groups is 1. The molecule has 6 nitrogen and oxygen atoms in total. The van der Waals surface area contributed by atoms with Crippen molar-refractivity contribution < 1.29 is 9.53 Å². The Morgan fingerprint density at radius 1 is 1.73 bits per heavy atom. The zero-order valence-electron chi connectivity index (χ0n) is 8.20. The fourth-order valence-corrected chi connectivity index (χ4v) is 1.26. The largest absolute Gasteiger partial charge is 0.467 e. The topological polar surface area (TPSA) is 84.1 Å². The average Bonchev–Trinajstić information content (AvgIpc) is 2.23. The van der Waals surface area contributed by atoms with E-state index in [4.69, 9.17) is 0 Å². The van der Waals surface area contributed by atoms with Crippen molar-refractivity contribution in [3.63, 3.8) is 0 Å². The van der Waals surface area contributed by atoms with Crippen molar-refractivity contribution in [2.24, 2.45) is 0 Å². The number of anilines is 1. The molecule has 2 N–H and O–H groups in total. The molecule has 0 spiro atoms. The van der Waals surface area contributed by atoms with Crippen LogP contribution in [0.2, 0.25) is 0 Å². The van der Waals surface area contributed by atoms with Gasteiger partial charge >= 0.3 is 5.97 Å². The van der Waals surface area contributed by atoms with Crippen molar-refractivity contribution in [2.45, 2.75) is 13.0 Å². The Hall–Kier alpha value is -1.37. The molecule has 0 bridgehead atoms. The van der Waals surface area contributed by atoms with Crippen LogP contribution in [-0.4, -0.2) is 29.1 Å². The predicted molar refractivity (Wildman–Crippen MR) is 57.7 cm³/mol. The molecule has 0 saturated heterocycles. The Morgan fingerprint density at radius 3 is 3.00 bits per heavy atom. The monoisotopic (exact) mass is 275 g/mol. The normalized spacial score (nSPS) is 11.9. The zero-order valence-corrected chi connectivity index (χ0v) is 9.79. The van der Waals surface area contributed by atoms with Crippen molar-refractivity contribution in [2.75, 3.05) is 12.4 Å². The summed E-state index contributed by atoms with van der Waals surface area (Å²) in [7, 11) is 1.29. The molecule has 15 heavy (non-hydrogen) atoms. The number of hydrogen-bond acceptors (Lipinski definition) is 5. The molecule has 82 valence electrons. The average molecular weight is 276 g/mol. The highest BCUT2D eigenvalue weighted by atomic mass is 79.9. The lowest BCUT2D eigenvalue weighted by atomic mass is 10.3. The van der Waals surface area contributed by atoms with E-state index in [-0.39, 0.29) is 10.0 Å². The summed E-state index contributed by atoms with van der Waals surface area (Å²) in [6, 6.07) is -0.569. The molecule has 1 unspecified atom stereocenters. The van der Waals surface area contributed by atoms with Gasteiger partial charge in [0.1, 0.15) is 16.3 Å². The summed E-state index contributed by atoms with van der Waals surface area (Å²) in [6.07, 6.45) is 1.25. The Morgan fingerprint density at radius 2 is 2.40 bits per heavy atom. The van der Waals surface area contributed by atoms with Crippen molar-refractivity contribution in [1.29, 1.82) is 0 Å². The maximum absolute atomic E-state index is 11.2. The lowest BCUT2D eigenvalue weighted by Gasteiger charge is -2.12. The Balaban J connectivity index is 2.86. The second-order valence-corrected chi connectivity index (χ2v) is 3.58. The molecule has 1 heterocycles. The number of hydrogen-bond donors (Lipinski definition) is 2. The van der Waals surface area contributed by atoms with E-state index in [1.165, 1.54) is 13.4 Å². The van der Waals surface area contributed by atoms with Gasteiger partial charge in [-0.05, 0) is 22.9 Å². The molecule has 1 aromatic rings. The molecule has 1 atom stereocenters. The quantitative estimate of drug-likeness (QED) is 0.786. The number of aromatic nitrogens is 2. The van der Waals surface area contributed by atoms with Gasteiger partial charge in [-0.3, -0.25) is 4.79 Å². The van der Waals surface area contributed by atoms with Crippen LogP contribution in [-0.2, 0) is 9.53 Å². The smallest absolute Gasteiger partial charge is 0.328 e. The summed E-state index contributed by atoms with van der Waals surface area (Å²) < 4.78 is 4.77. The minimum absolute atomic E-state index is 0.251. The van der Waals surface area contributed by atoms with Gasteiger partial charge in [-0.25, -0.2) is 9.78 Å². The van der Waals surface area contributed by atoms with Gasteiger partial charge in [0, 0.05) is 0 Å². The van der Waals surface area contributed by atoms with E-state index < -0.39 is 12.0 Å². The van der Waals surface area contributed by atoms with Gasteiger partial charge in [0.2, 0.25) is 0 Å². The summed E-state index contributed by atoms with van der Waals surface area (Å²) in [4.78, 5) is 28.5. The molecule has 1 aromatic heterocycles. The molecular formula is C8H10BrN3O3. The number of halogens is 1. The van der Waals surface area contributed by atoms with Crippen LogP contribution < -0.4 is 10.9 Å². The number of aromatic amines is 1. The molecule has 1 rings (SSSR count). The van der Waals surface area contributed by atoms with Crippen LogP contribution in [0.15, 0.2) is 15.6 Å². The van der Waals surface area contributed by atoms with Crippen molar-refractivity contribution >= 4 is 27.7 Å². The second kappa shape index (κ2) is 4.92. The highest BCUT2D eigenvalue weighted by Gasteiger charge is 2.15. The Labute approximate surface area is 94.2 Å². The van der Waals surface area contributed by atoms with E-state index in [0.29, 0.717) is 5.82 Å².